The second kappa shape index (κ2) is 6.54. The molecule has 3 heteroatoms. The van der Waals surface area contributed by atoms with Crippen molar-refractivity contribution in [3.8, 4) is 0 Å². The Morgan fingerprint density at radius 3 is 2.86 bits per heavy atom. The van der Waals surface area contributed by atoms with Crippen LogP contribution in [0, 0.1) is 0 Å². The van der Waals surface area contributed by atoms with Crippen LogP contribution in [-0.2, 0) is 6.54 Å². The fourth-order valence-electron chi connectivity index (χ4n) is 2.95. The number of hydrogen-bond donors (Lipinski definition) is 1. The summed E-state index contributed by atoms with van der Waals surface area (Å²) in [5.74, 6) is 1.85. The van der Waals surface area contributed by atoms with Gasteiger partial charge in [-0.15, -0.1) is 11.8 Å². The molecule has 0 aliphatic carbocycles. The molecule has 0 saturated carbocycles. The fourth-order valence-corrected chi connectivity index (χ4v) is 4.19. The van der Waals surface area contributed by atoms with E-state index in [1.165, 1.54) is 21.8 Å². The summed E-state index contributed by atoms with van der Waals surface area (Å²) in [6.07, 6.45) is 0. The van der Waals surface area contributed by atoms with E-state index >= 15 is 0 Å². The van der Waals surface area contributed by atoms with Gasteiger partial charge in [0.05, 0.1) is 0 Å². The summed E-state index contributed by atoms with van der Waals surface area (Å²) in [6.45, 7) is 5.40. The third kappa shape index (κ3) is 3.42. The minimum Gasteiger partial charge on any atom is -0.399 e. The summed E-state index contributed by atoms with van der Waals surface area (Å²) in [7, 11) is 0. The molecule has 2 aromatic carbocycles. The summed E-state index contributed by atoms with van der Waals surface area (Å²) in [5.41, 5.74) is 9.56. The second-order valence-corrected chi connectivity index (χ2v) is 6.68. The minimum absolute atomic E-state index is 0.646. The number of thioether (sulfide) groups is 1. The zero-order chi connectivity index (χ0) is 14.7. The predicted octanol–water partition coefficient (Wildman–Crippen LogP) is 3.98. The fraction of sp³-hybridized carbons (Fsp3) is 0.333. The lowest BCUT2D eigenvalue weighted by Gasteiger charge is -2.24. The van der Waals surface area contributed by atoms with Gasteiger partial charge in [-0.05, 0) is 35.9 Å². The summed E-state index contributed by atoms with van der Waals surface area (Å²) in [6, 6.07) is 17.1. The van der Waals surface area contributed by atoms with Gasteiger partial charge in [-0.3, -0.25) is 4.90 Å². The lowest BCUT2D eigenvalue weighted by Crippen LogP contribution is -2.28. The summed E-state index contributed by atoms with van der Waals surface area (Å²) in [4.78, 5) is 3.98. The van der Waals surface area contributed by atoms with E-state index in [4.69, 9.17) is 5.73 Å². The number of likely N-dealkylation sites (N-methyl/N-ethyl adjacent to an activating group) is 1. The Bertz CT molecular complexity index is 612. The van der Waals surface area contributed by atoms with E-state index < -0.39 is 0 Å². The van der Waals surface area contributed by atoms with E-state index in [1.807, 2.05) is 23.9 Å². The van der Waals surface area contributed by atoms with Gasteiger partial charge in [-0.25, -0.2) is 0 Å². The molecule has 1 aliphatic rings. The van der Waals surface area contributed by atoms with Crippen molar-refractivity contribution < 1.29 is 0 Å². The van der Waals surface area contributed by atoms with Crippen molar-refractivity contribution in [3.63, 3.8) is 0 Å². The smallest absolute Gasteiger partial charge is 0.0317 e. The number of anilines is 1. The molecule has 21 heavy (non-hydrogen) atoms. The van der Waals surface area contributed by atoms with Gasteiger partial charge in [0.1, 0.15) is 0 Å². The molecular weight excluding hydrogens is 276 g/mol. The monoisotopic (exact) mass is 298 g/mol. The molecule has 1 unspecified atom stereocenters. The average Bonchev–Trinajstić information content (AvgIpc) is 2.90. The molecule has 0 fully saturated rings. The molecule has 3 rings (SSSR count). The predicted molar refractivity (Wildman–Crippen MR) is 91.7 cm³/mol. The van der Waals surface area contributed by atoms with Gasteiger partial charge in [0.15, 0.2) is 0 Å². The Kier molecular flexibility index (Phi) is 4.51. The molecule has 0 aromatic heterocycles. The Morgan fingerprint density at radius 2 is 2.05 bits per heavy atom. The first kappa shape index (κ1) is 14.5. The van der Waals surface area contributed by atoms with Crippen LogP contribution in [0.4, 0.5) is 5.69 Å². The first-order chi connectivity index (χ1) is 10.3. The molecule has 0 amide bonds. The van der Waals surface area contributed by atoms with Gasteiger partial charge >= 0.3 is 0 Å². The van der Waals surface area contributed by atoms with Crippen LogP contribution in [-0.4, -0.2) is 23.7 Å². The number of hydrogen-bond acceptors (Lipinski definition) is 3. The van der Waals surface area contributed by atoms with Crippen LogP contribution in [0.2, 0.25) is 0 Å². The average molecular weight is 298 g/mol. The zero-order valence-electron chi connectivity index (χ0n) is 12.5. The van der Waals surface area contributed by atoms with Crippen molar-refractivity contribution in [2.24, 2.45) is 0 Å². The van der Waals surface area contributed by atoms with Gasteiger partial charge in [-0.2, -0.15) is 0 Å². The quantitative estimate of drug-likeness (QED) is 0.847. The van der Waals surface area contributed by atoms with Crippen LogP contribution in [0.1, 0.15) is 24.0 Å². The van der Waals surface area contributed by atoms with Crippen molar-refractivity contribution in [1.29, 1.82) is 0 Å². The summed E-state index contributed by atoms with van der Waals surface area (Å²) >= 11 is 1.99. The molecule has 0 saturated heterocycles. The van der Waals surface area contributed by atoms with E-state index in [1.54, 1.807) is 0 Å². The van der Waals surface area contributed by atoms with Gasteiger partial charge < -0.3 is 5.73 Å². The largest absolute Gasteiger partial charge is 0.399 e. The standard InChI is InChI=1S/C18H22N2S/c1-2-20(11-14-6-5-7-16(19)10-14)12-15-13-21-18-9-4-3-8-17(15)18/h3-10,15H,2,11-13,19H2,1H3. The molecule has 2 nitrogen and oxygen atoms in total. The lowest BCUT2D eigenvalue weighted by molar-refractivity contribution is 0.267. The van der Waals surface area contributed by atoms with E-state index in [0.717, 1.165) is 25.3 Å². The molecule has 2 aromatic rings. The zero-order valence-corrected chi connectivity index (χ0v) is 13.3. The highest BCUT2D eigenvalue weighted by Gasteiger charge is 2.24. The second-order valence-electron chi connectivity index (χ2n) is 5.62. The molecular formula is C18H22N2S. The highest BCUT2D eigenvalue weighted by atomic mass is 32.2. The van der Waals surface area contributed by atoms with Gasteiger partial charge in [0.25, 0.3) is 0 Å². The Labute approximate surface area is 131 Å². The van der Waals surface area contributed by atoms with Crippen LogP contribution < -0.4 is 5.73 Å². The summed E-state index contributed by atoms with van der Waals surface area (Å²) in [5, 5.41) is 0. The van der Waals surface area contributed by atoms with Crippen molar-refractivity contribution >= 4 is 17.4 Å². The molecule has 1 aliphatic heterocycles. The highest BCUT2D eigenvalue weighted by molar-refractivity contribution is 7.99. The lowest BCUT2D eigenvalue weighted by atomic mass is 10.0. The maximum absolute atomic E-state index is 5.88. The van der Waals surface area contributed by atoms with Crippen LogP contribution in [0.3, 0.4) is 0 Å². The third-order valence-electron chi connectivity index (χ3n) is 4.08. The number of fused-ring (bicyclic) bond motifs is 1. The van der Waals surface area contributed by atoms with Gasteiger partial charge in [0.2, 0.25) is 0 Å². The molecule has 0 radical (unpaired) electrons. The molecule has 1 atom stereocenters. The number of benzene rings is 2. The highest BCUT2D eigenvalue weighted by Crippen LogP contribution is 2.39. The van der Waals surface area contributed by atoms with Gasteiger partial charge in [-0.1, -0.05) is 37.3 Å². The normalized spacial score (nSPS) is 17.1. The molecule has 0 spiro atoms. The van der Waals surface area contributed by atoms with Crippen molar-refractivity contribution in [3.05, 3.63) is 59.7 Å². The van der Waals surface area contributed by atoms with Crippen LogP contribution >= 0.6 is 11.8 Å². The maximum Gasteiger partial charge on any atom is 0.0317 e. The van der Waals surface area contributed by atoms with Crippen LogP contribution in [0.15, 0.2) is 53.4 Å². The summed E-state index contributed by atoms with van der Waals surface area (Å²) < 4.78 is 0. The van der Waals surface area contributed by atoms with Crippen LogP contribution in [0.25, 0.3) is 0 Å². The van der Waals surface area contributed by atoms with E-state index in [2.05, 4.69) is 48.2 Å². The van der Waals surface area contributed by atoms with Crippen molar-refractivity contribution in [2.45, 2.75) is 24.3 Å². The first-order valence-corrected chi connectivity index (χ1v) is 8.53. The van der Waals surface area contributed by atoms with E-state index in [-0.39, 0.29) is 0 Å². The molecule has 0 bridgehead atoms. The van der Waals surface area contributed by atoms with E-state index in [0.29, 0.717) is 5.92 Å². The Balaban J connectivity index is 1.68. The van der Waals surface area contributed by atoms with Gasteiger partial charge in [0, 0.05) is 35.3 Å². The minimum atomic E-state index is 0.646. The van der Waals surface area contributed by atoms with E-state index in [9.17, 15) is 0 Å². The number of nitrogens with two attached hydrogens (primary N) is 1. The SMILES string of the molecule is CCN(Cc1cccc(N)c1)CC1CSc2ccccc21. The first-order valence-electron chi connectivity index (χ1n) is 7.54. The van der Waals surface area contributed by atoms with Crippen molar-refractivity contribution in [1.82, 2.24) is 4.90 Å². The van der Waals surface area contributed by atoms with Crippen molar-refractivity contribution in [2.75, 3.05) is 24.6 Å². The number of rotatable bonds is 5. The molecule has 110 valence electrons. The number of nitrogen functional groups attached to an aromatic ring is 1. The number of nitrogens with zero attached hydrogens (tertiary/aromatic N) is 1. The Hall–Kier alpha value is -1.45. The third-order valence-corrected chi connectivity index (χ3v) is 5.33. The molecule has 1 heterocycles. The van der Waals surface area contributed by atoms with Crippen LogP contribution in [0.5, 0.6) is 0 Å². The molecule has 2 N–H and O–H groups in total. The topological polar surface area (TPSA) is 29.3 Å². The Morgan fingerprint density at radius 1 is 1.19 bits per heavy atom. The maximum atomic E-state index is 5.88.